The highest BCUT2D eigenvalue weighted by atomic mass is 16.4. The van der Waals surface area contributed by atoms with Crippen molar-refractivity contribution >= 4 is 11.9 Å². The molecule has 1 aliphatic rings. The van der Waals surface area contributed by atoms with Crippen molar-refractivity contribution in [1.82, 2.24) is 4.90 Å². The monoisotopic (exact) mass is 185 g/mol. The highest BCUT2D eigenvalue weighted by molar-refractivity contribution is 5.74. The zero-order chi connectivity index (χ0) is 9.84. The molecule has 0 unspecified atom stereocenters. The predicted octanol–water partition coefficient (Wildman–Crippen LogP) is 0.862. The first-order valence-electron chi connectivity index (χ1n) is 4.60. The summed E-state index contributed by atoms with van der Waals surface area (Å²) in [5.74, 6) is -0.719. The lowest BCUT2D eigenvalue weighted by Crippen LogP contribution is -2.33. The van der Waals surface area contributed by atoms with Gasteiger partial charge in [-0.25, -0.2) is 0 Å². The maximum absolute atomic E-state index is 11.1. The van der Waals surface area contributed by atoms with E-state index >= 15 is 0 Å². The Labute approximate surface area is 77.5 Å². The topological polar surface area (TPSA) is 57.6 Å². The van der Waals surface area contributed by atoms with Gasteiger partial charge in [-0.05, 0) is 19.3 Å². The maximum atomic E-state index is 11.1. The highest BCUT2D eigenvalue weighted by Crippen LogP contribution is 2.21. The number of carbonyl (C=O) groups excluding carboxylic acids is 1. The summed E-state index contributed by atoms with van der Waals surface area (Å²) in [5.41, 5.74) is 0. The van der Waals surface area contributed by atoms with Gasteiger partial charge in [0.15, 0.2) is 0 Å². The van der Waals surface area contributed by atoms with E-state index in [1.54, 1.807) is 11.8 Å². The Morgan fingerprint density at radius 3 is 2.77 bits per heavy atom. The summed E-state index contributed by atoms with van der Waals surface area (Å²) in [7, 11) is 0. The second-order valence-electron chi connectivity index (χ2n) is 3.44. The van der Waals surface area contributed by atoms with Crippen LogP contribution in [0.15, 0.2) is 0 Å². The number of likely N-dealkylation sites (tertiary alicyclic amines) is 1. The Hall–Kier alpha value is -1.06. The molecule has 0 aromatic carbocycles. The van der Waals surface area contributed by atoms with Crippen LogP contribution in [-0.4, -0.2) is 34.5 Å². The number of carboxylic acid groups (broad SMARTS) is 1. The zero-order valence-corrected chi connectivity index (χ0v) is 7.82. The Morgan fingerprint density at radius 2 is 2.23 bits per heavy atom. The van der Waals surface area contributed by atoms with E-state index in [0.29, 0.717) is 6.42 Å². The number of hydrogen-bond donors (Lipinski definition) is 1. The SMILES string of the molecule is CC(=O)N1CCC[C@@H]1CCC(=O)O. The van der Waals surface area contributed by atoms with Gasteiger partial charge >= 0.3 is 5.97 Å². The second-order valence-corrected chi connectivity index (χ2v) is 3.44. The average Bonchev–Trinajstić information content (AvgIpc) is 2.47. The van der Waals surface area contributed by atoms with Crippen LogP contribution in [0.4, 0.5) is 0 Å². The summed E-state index contributed by atoms with van der Waals surface area (Å²) < 4.78 is 0. The molecule has 1 N–H and O–H groups in total. The molecule has 1 fully saturated rings. The highest BCUT2D eigenvalue weighted by Gasteiger charge is 2.26. The predicted molar refractivity (Wildman–Crippen MR) is 47.3 cm³/mol. The molecule has 1 amide bonds. The van der Waals surface area contributed by atoms with E-state index in [4.69, 9.17) is 5.11 Å². The van der Waals surface area contributed by atoms with Crippen molar-refractivity contribution in [2.45, 2.75) is 38.6 Å². The first-order chi connectivity index (χ1) is 6.11. The van der Waals surface area contributed by atoms with Gasteiger partial charge in [-0.1, -0.05) is 0 Å². The lowest BCUT2D eigenvalue weighted by Gasteiger charge is -2.22. The molecular formula is C9H15NO3. The van der Waals surface area contributed by atoms with E-state index < -0.39 is 5.97 Å². The summed E-state index contributed by atoms with van der Waals surface area (Å²) in [6.07, 6.45) is 2.71. The smallest absolute Gasteiger partial charge is 0.303 e. The van der Waals surface area contributed by atoms with Crippen LogP contribution in [0.25, 0.3) is 0 Å². The summed E-state index contributed by atoms with van der Waals surface area (Å²) >= 11 is 0. The van der Waals surface area contributed by atoms with Crippen LogP contribution < -0.4 is 0 Å². The fraction of sp³-hybridized carbons (Fsp3) is 0.778. The molecule has 0 aromatic rings. The quantitative estimate of drug-likeness (QED) is 0.709. The normalized spacial score (nSPS) is 21.9. The number of rotatable bonds is 3. The standard InChI is InChI=1S/C9H15NO3/c1-7(11)10-6-2-3-8(10)4-5-9(12)13/h8H,2-6H2,1H3,(H,12,13)/t8-/m1/s1. The van der Waals surface area contributed by atoms with Gasteiger partial charge in [0.2, 0.25) is 5.91 Å². The van der Waals surface area contributed by atoms with Crippen molar-refractivity contribution in [1.29, 1.82) is 0 Å². The van der Waals surface area contributed by atoms with Gasteiger partial charge in [0.1, 0.15) is 0 Å². The molecular weight excluding hydrogens is 170 g/mol. The van der Waals surface area contributed by atoms with Crippen molar-refractivity contribution < 1.29 is 14.7 Å². The first kappa shape index (κ1) is 10.0. The molecule has 0 radical (unpaired) electrons. The molecule has 0 saturated carbocycles. The molecule has 1 saturated heterocycles. The minimum absolute atomic E-state index is 0.0629. The third kappa shape index (κ3) is 2.72. The van der Waals surface area contributed by atoms with Crippen molar-refractivity contribution in [2.75, 3.05) is 6.54 Å². The van der Waals surface area contributed by atoms with Gasteiger partial charge in [-0.15, -0.1) is 0 Å². The van der Waals surface area contributed by atoms with Crippen LogP contribution in [0, 0.1) is 0 Å². The number of carbonyl (C=O) groups is 2. The van der Waals surface area contributed by atoms with Gasteiger partial charge in [0.05, 0.1) is 0 Å². The Kier molecular flexibility index (Phi) is 3.28. The average molecular weight is 185 g/mol. The molecule has 0 spiro atoms. The molecule has 0 aliphatic carbocycles. The fourth-order valence-corrected chi connectivity index (χ4v) is 1.84. The molecule has 0 aromatic heterocycles. The maximum Gasteiger partial charge on any atom is 0.303 e. The van der Waals surface area contributed by atoms with Gasteiger partial charge in [0, 0.05) is 25.9 Å². The summed E-state index contributed by atoms with van der Waals surface area (Å²) in [6, 6.07) is 0.161. The molecule has 1 heterocycles. The second kappa shape index (κ2) is 4.25. The van der Waals surface area contributed by atoms with Gasteiger partial charge in [-0.2, -0.15) is 0 Å². The zero-order valence-electron chi connectivity index (χ0n) is 7.82. The van der Waals surface area contributed by atoms with Crippen molar-refractivity contribution in [3.05, 3.63) is 0 Å². The number of nitrogens with zero attached hydrogens (tertiary/aromatic N) is 1. The molecule has 1 rings (SSSR count). The number of carboxylic acids is 1. The van der Waals surface area contributed by atoms with Crippen molar-refractivity contribution in [2.24, 2.45) is 0 Å². The van der Waals surface area contributed by atoms with Gasteiger partial charge in [-0.3, -0.25) is 9.59 Å². The number of hydrogen-bond acceptors (Lipinski definition) is 2. The number of amides is 1. The Morgan fingerprint density at radius 1 is 1.54 bits per heavy atom. The molecule has 0 bridgehead atoms. The van der Waals surface area contributed by atoms with E-state index in [2.05, 4.69) is 0 Å². The van der Waals surface area contributed by atoms with E-state index in [9.17, 15) is 9.59 Å². The van der Waals surface area contributed by atoms with Crippen LogP contribution >= 0.6 is 0 Å². The van der Waals surface area contributed by atoms with Gasteiger partial charge in [0.25, 0.3) is 0 Å². The Bertz CT molecular complexity index is 215. The van der Waals surface area contributed by atoms with Crippen LogP contribution in [0.1, 0.15) is 32.6 Å². The van der Waals surface area contributed by atoms with Crippen LogP contribution in [0.5, 0.6) is 0 Å². The lowest BCUT2D eigenvalue weighted by atomic mass is 10.1. The van der Waals surface area contributed by atoms with E-state index in [1.165, 1.54) is 0 Å². The Balaban J connectivity index is 2.39. The number of aliphatic carboxylic acids is 1. The molecule has 4 nitrogen and oxygen atoms in total. The van der Waals surface area contributed by atoms with E-state index in [0.717, 1.165) is 19.4 Å². The minimum atomic E-state index is -0.782. The minimum Gasteiger partial charge on any atom is -0.481 e. The molecule has 4 heteroatoms. The van der Waals surface area contributed by atoms with Gasteiger partial charge < -0.3 is 10.0 Å². The summed E-state index contributed by atoms with van der Waals surface area (Å²) in [6.45, 7) is 2.33. The van der Waals surface area contributed by atoms with Crippen LogP contribution in [0.2, 0.25) is 0 Å². The molecule has 1 aliphatic heterocycles. The summed E-state index contributed by atoms with van der Waals surface area (Å²) in [4.78, 5) is 23.2. The third-order valence-corrected chi connectivity index (χ3v) is 2.47. The van der Waals surface area contributed by atoms with E-state index in [1.807, 2.05) is 0 Å². The first-order valence-corrected chi connectivity index (χ1v) is 4.60. The molecule has 1 atom stereocenters. The van der Waals surface area contributed by atoms with Crippen LogP contribution in [-0.2, 0) is 9.59 Å². The van der Waals surface area contributed by atoms with Crippen molar-refractivity contribution in [3.8, 4) is 0 Å². The fourth-order valence-electron chi connectivity index (χ4n) is 1.84. The largest absolute Gasteiger partial charge is 0.481 e. The molecule has 74 valence electrons. The van der Waals surface area contributed by atoms with E-state index in [-0.39, 0.29) is 18.4 Å². The van der Waals surface area contributed by atoms with Crippen molar-refractivity contribution in [3.63, 3.8) is 0 Å². The van der Waals surface area contributed by atoms with Crippen LogP contribution in [0.3, 0.4) is 0 Å². The molecule has 13 heavy (non-hydrogen) atoms. The summed E-state index contributed by atoms with van der Waals surface area (Å²) in [5, 5.41) is 8.50. The lowest BCUT2D eigenvalue weighted by molar-refractivity contribution is -0.138. The third-order valence-electron chi connectivity index (χ3n) is 2.47.